The number of piperazine rings is 1. The summed E-state index contributed by atoms with van der Waals surface area (Å²) in [5, 5.41) is 3.38. The van der Waals surface area contributed by atoms with Crippen LogP contribution < -0.4 is 9.64 Å². The van der Waals surface area contributed by atoms with E-state index in [-0.39, 0.29) is 12.1 Å². The van der Waals surface area contributed by atoms with E-state index >= 15 is 0 Å². The number of carbonyl (C=O) groups is 1. The number of anilines is 1. The normalized spacial score (nSPS) is 15.8. The van der Waals surface area contributed by atoms with Crippen LogP contribution in [-0.2, 0) is 9.53 Å². The van der Waals surface area contributed by atoms with Crippen molar-refractivity contribution >= 4 is 33.2 Å². The SMILES string of the molecule is CCN1CCN(c2nc(-c3ccc(OCC(C)OC(C)=O)cc3)cc3ccsc23)CC1. The summed E-state index contributed by atoms with van der Waals surface area (Å²) in [4.78, 5) is 21.0. The number of hydrogen-bond donors (Lipinski definition) is 0. The van der Waals surface area contributed by atoms with E-state index in [0.29, 0.717) is 6.61 Å². The minimum absolute atomic E-state index is 0.282. The van der Waals surface area contributed by atoms with Crippen LogP contribution in [0.1, 0.15) is 20.8 Å². The molecule has 4 rings (SSSR count). The first kappa shape index (κ1) is 21.6. The molecule has 1 aliphatic heterocycles. The zero-order valence-electron chi connectivity index (χ0n) is 18.3. The summed E-state index contributed by atoms with van der Waals surface area (Å²) in [5.74, 6) is 1.54. The summed E-state index contributed by atoms with van der Waals surface area (Å²) >= 11 is 1.76. The Morgan fingerprint density at radius 3 is 2.58 bits per heavy atom. The lowest BCUT2D eigenvalue weighted by atomic mass is 10.1. The standard InChI is InChI=1S/C24H29N3O3S/c1-4-26-10-12-27(13-11-26)24-23-20(9-14-31-23)15-22(25-24)19-5-7-21(8-6-19)29-16-17(2)30-18(3)28/h5-9,14-15,17H,4,10-13,16H2,1-3H3. The second-order valence-electron chi connectivity index (χ2n) is 7.85. The highest BCUT2D eigenvalue weighted by Crippen LogP contribution is 2.34. The van der Waals surface area contributed by atoms with Crippen LogP contribution in [0.5, 0.6) is 5.75 Å². The van der Waals surface area contributed by atoms with Crippen LogP contribution in [0.25, 0.3) is 21.3 Å². The molecule has 1 atom stereocenters. The van der Waals surface area contributed by atoms with Gasteiger partial charge in [-0.15, -0.1) is 11.3 Å². The van der Waals surface area contributed by atoms with Crippen molar-refractivity contribution in [3.05, 3.63) is 41.8 Å². The monoisotopic (exact) mass is 439 g/mol. The van der Waals surface area contributed by atoms with Gasteiger partial charge in [-0.2, -0.15) is 0 Å². The molecule has 0 bridgehead atoms. The van der Waals surface area contributed by atoms with Gasteiger partial charge in [-0.3, -0.25) is 4.79 Å². The number of esters is 1. The van der Waals surface area contributed by atoms with Gasteiger partial charge >= 0.3 is 5.97 Å². The van der Waals surface area contributed by atoms with Crippen LogP contribution in [0.15, 0.2) is 41.8 Å². The molecular weight excluding hydrogens is 410 g/mol. The van der Waals surface area contributed by atoms with E-state index < -0.39 is 0 Å². The number of hydrogen-bond acceptors (Lipinski definition) is 7. The fraction of sp³-hybridized carbons (Fsp3) is 0.417. The van der Waals surface area contributed by atoms with Crippen molar-refractivity contribution in [2.75, 3.05) is 44.2 Å². The minimum Gasteiger partial charge on any atom is -0.490 e. The lowest BCUT2D eigenvalue weighted by molar-refractivity contribution is -0.146. The van der Waals surface area contributed by atoms with E-state index in [9.17, 15) is 4.79 Å². The van der Waals surface area contributed by atoms with E-state index in [1.807, 2.05) is 31.2 Å². The molecule has 1 aliphatic rings. The highest BCUT2D eigenvalue weighted by atomic mass is 32.1. The van der Waals surface area contributed by atoms with Crippen LogP contribution >= 0.6 is 11.3 Å². The van der Waals surface area contributed by atoms with E-state index in [1.165, 1.54) is 17.0 Å². The average Bonchev–Trinajstić information content (AvgIpc) is 3.26. The predicted molar refractivity (Wildman–Crippen MR) is 126 cm³/mol. The molecule has 164 valence electrons. The molecule has 1 fully saturated rings. The lowest BCUT2D eigenvalue weighted by Crippen LogP contribution is -2.46. The van der Waals surface area contributed by atoms with Crippen molar-refractivity contribution < 1.29 is 14.3 Å². The maximum atomic E-state index is 11.0. The van der Waals surface area contributed by atoms with E-state index in [0.717, 1.165) is 55.5 Å². The summed E-state index contributed by atoms with van der Waals surface area (Å²) in [6, 6.07) is 12.3. The van der Waals surface area contributed by atoms with Gasteiger partial charge in [0.15, 0.2) is 0 Å². The number of benzene rings is 1. The quantitative estimate of drug-likeness (QED) is 0.508. The number of carbonyl (C=O) groups excluding carboxylic acids is 1. The molecule has 0 N–H and O–H groups in total. The summed E-state index contributed by atoms with van der Waals surface area (Å²) in [7, 11) is 0. The van der Waals surface area contributed by atoms with Crippen LogP contribution in [0, 0.1) is 0 Å². The van der Waals surface area contributed by atoms with Gasteiger partial charge in [0.2, 0.25) is 0 Å². The number of likely N-dealkylation sites (N-methyl/N-ethyl adjacent to an activating group) is 1. The fourth-order valence-electron chi connectivity index (χ4n) is 3.85. The fourth-order valence-corrected chi connectivity index (χ4v) is 4.74. The van der Waals surface area contributed by atoms with E-state index in [2.05, 4.69) is 34.2 Å². The van der Waals surface area contributed by atoms with Crippen LogP contribution in [-0.4, -0.2) is 61.3 Å². The second kappa shape index (κ2) is 9.66. The van der Waals surface area contributed by atoms with Crippen LogP contribution in [0.3, 0.4) is 0 Å². The molecule has 31 heavy (non-hydrogen) atoms. The Morgan fingerprint density at radius 1 is 1.16 bits per heavy atom. The first-order valence-corrected chi connectivity index (χ1v) is 11.7. The molecule has 0 radical (unpaired) electrons. The second-order valence-corrected chi connectivity index (χ2v) is 8.76. The molecule has 1 saturated heterocycles. The third kappa shape index (κ3) is 5.17. The Kier molecular flexibility index (Phi) is 6.73. The van der Waals surface area contributed by atoms with E-state index in [1.54, 1.807) is 11.3 Å². The van der Waals surface area contributed by atoms with Crippen molar-refractivity contribution in [3.8, 4) is 17.0 Å². The Balaban J connectivity index is 1.52. The molecule has 1 unspecified atom stereocenters. The number of ether oxygens (including phenoxy) is 2. The van der Waals surface area contributed by atoms with Crippen molar-refractivity contribution in [1.82, 2.24) is 9.88 Å². The molecule has 7 heteroatoms. The number of thiophene rings is 1. The van der Waals surface area contributed by atoms with Gasteiger partial charge in [0, 0.05) is 38.7 Å². The van der Waals surface area contributed by atoms with Crippen LogP contribution in [0.4, 0.5) is 5.82 Å². The van der Waals surface area contributed by atoms with E-state index in [4.69, 9.17) is 14.5 Å². The molecule has 0 saturated carbocycles. The average molecular weight is 440 g/mol. The predicted octanol–water partition coefficient (Wildman–Crippen LogP) is 4.44. The maximum absolute atomic E-state index is 11.0. The minimum atomic E-state index is -0.298. The topological polar surface area (TPSA) is 54.9 Å². The molecule has 3 heterocycles. The Hall–Kier alpha value is -2.64. The van der Waals surface area contributed by atoms with Gasteiger partial charge in [-0.25, -0.2) is 4.98 Å². The molecule has 0 amide bonds. The van der Waals surface area contributed by atoms with Gasteiger partial charge in [-0.1, -0.05) is 6.92 Å². The lowest BCUT2D eigenvalue weighted by Gasteiger charge is -2.35. The van der Waals surface area contributed by atoms with Crippen LogP contribution in [0.2, 0.25) is 0 Å². The third-order valence-electron chi connectivity index (χ3n) is 5.54. The van der Waals surface area contributed by atoms with Crippen molar-refractivity contribution in [2.45, 2.75) is 26.9 Å². The molecule has 2 aromatic heterocycles. The van der Waals surface area contributed by atoms with Gasteiger partial charge in [-0.05, 0) is 60.6 Å². The largest absolute Gasteiger partial charge is 0.490 e. The summed E-state index contributed by atoms with van der Waals surface area (Å²) < 4.78 is 12.1. The highest BCUT2D eigenvalue weighted by molar-refractivity contribution is 7.17. The first-order valence-electron chi connectivity index (χ1n) is 10.8. The first-order chi connectivity index (χ1) is 15.0. The molecular formula is C24H29N3O3S. The summed E-state index contributed by atoms with van der Waals surface area (Å²) in [6.45, 7) is 11.0. The molecule has 0 aliphatic carbocycles. The number of fused-ring (bicyclic) bond motifs is 1. The Morgan fingerprint density at radius 2 is 1.90 bits per heavy atom. The van der Waals surface area contributed by atoms with Crippen molar-refractivity contribution in [1.29, 1.82) is 0 Å². The van der Waals surface area contributed by atoms with Gasteiger partial charge in [0.25, 0.3) is 0 Å². The zero-order chi connectivity index (χ0) is 21.8. The summed E-state index contributed by atoms with van der Waals surface area (Å²) in [5.41, 5.74) is 2.03. The Labute approximate surface area is 187 Å². The molecule has 1 aromatic carbocycles. The highest BCUT2D eigenvalue weighted by Gasteiger charge is 2.20. The number of rotatable bonds is 7. The number of pyridine rings is 1. The van der Waals surface area contributed by atoms with Gasteiger partial charge in [0.1, 0.15) is 24.3 Å². The molecule has 6 nitrogen and oxygen atoms in total. The zero-order valence-corrected chi connectivity index (χ0v) is 19.2. The third-order valence-corrected chi connectivity index (χ3v) is 6.46. The Bertz CT molecular complexity index is 1030. The van der Waals surface area contributed by atoms with Gasteiger partial charge in [0.05, 0.1) is 10.4 Å². The van der Waals surface area contributed by atoms with Gasteiger partial charge < -0.3 is 19.3 Å². The number of nitrogens with zero attached hydrogens (tertiary/aromatic N) is 3. The van der Waals surface area contributed by atoms with Crippen molar-refractivity contribution in [2.24, 2.45) is 0 Å². The van der Waals surface area contributed by atoms with Crippen molar-refractivity contribution in [3.63, 3.8) is 0 Å². The molecule has 0 spiro atoms. The number of aromatic nitrogens is 1. The smallest absolute Gasteiger partial charge is 0.303 e. The summed E-state index contributed by atoms with van der Waals surface area (Å²) in [6.07, 6.45) is -0.282. The maximum Gasteiger partial charge on any atom is 0.303 e. The molecule has 3 aromatic rings.